The van der Waals surface area contributed by atoms with Crippen molar-refractivity contribution in [3.8, 4) is 6.07 Å². The Labute approximate surface area is 131 Å². The molecule has 4 aromatic rings. The second-order valence-electron chi connectivity index (χ2n) is 5.17. The summed E-state index contributed by atoms with van der Waals surface area (Å²) in [5.74, 6) is 0.717. The summed E-state index contributed by atoms with van der Waals surface area (Å²) in [7, 11) is 0. The molecule has 0 saturated carbocycles. The standard InChI is InChI=1S/C17H12N6/c18-7-11-1-3-14-13(5-11)17(23-10-20-14)19-8-12-2-4-15-16(6-12)22-9-21-15/h1-6,9-10H,8H2,(H,21,22)(H,19,20,23). The third-order valence-electron chi connectivity index (χ3n) is 3.71. The van der Waals surface area contributed by atoms with E-state index in [-0.39, 0.29) is 0 Å². The van der Waals surface area contributed by atoms with Crippen molar-refractivity contribution < 1.29 is 0 Å². The minimum atomic E-state index is 0.591. The topological polar surface area (TPSA) is 90.3 Å². The Morgan fingerprint density at radius 1 is 1.04 bits per heavy atom. The normalized spacial score (nSPS) is 10.7. The molecule has 2 heterocycles. The molecule has 0 spiro atoms. The third-order valence-corrected chi connectivity index (χ3v) is 3.71. The minimum absolute atomic E-state index is 0.591. The van der Waals surface area contributed by atoms with E-state index >= 15 is 0 Å². The largest absolute Gasteiger partial charge is 0.365 e. The van der Waals surface area contributed by atoms with Gasteiger partial charge in [0.25, 0.3) is 0 Å². The highest BCUT2D eigenvalue weighted by Gasteiger charge is 2.05. The van der Waals surface area contributed by atoms with Gasteiger partial charge in [-0.1, -0.05) is 6.07 Å². The highest BCUT2D eigenvalue weighted by molar-refractivity contribution is 5.89. The number of aromatic amines is 1. The molecule has 2 N–H and O–H groups in total. The summed E-state index contributed by atoms with van der Waals surface area (Å²) in [5, 5.41) is 13.2. The molecule has 110 valence electrons. The number of hydrogen-bond acceptors (Lipinski definition) is 5. The van der Waals surface area contributed by atoms with E-state index in [1.54, 1.807) is 18.5 Å². The highest BCUT2D eigenvalue weighted by Crippen LogP contribution is 2.21. The van der Waals surface area contributed by atoms with Crippen LogP contribution in [-0.4, -0.2) is 19.9 Å². The summed E-state index contributed by atoms with van der Waals surface area (Å²) in [6.07, 6.45) is 3.21. The maximum absolute atomic E-state index is 9.05. The van der Waals surface area contributed by atoms with Crippen LogP contribution in [0.15, 0.2) is 49.1 Å². The first-order chi connectivity index (χ1) is 11.3. The average molecular weight is 300 g/mol. The van der Waals surface area contributed by atoms with E-state index in [1.807, 2.05) is 24.3 Å². The van der Waals surface area contributed by atoms with Crippen molar-refractivity contribution >= 4 is 27.8 Å². The number of imidazole rings is 1. The van der Waals surface area contributed by atoms with Gasteiger partial charge in [-0.3, -0.25) is 0 Å². The molecule has 0 aliphatic rings. The molecule has 6 nitrogen and oxygen atoms in total. The molecule has 4 rings (SSSR count). The number of benzene rings is 2. The van der Waals surface area contributed by atoms with Crippen LogP contribution in [0.3, 0.4) is 0 Å². The SMILES string of the molecule is N#Cc1ccc2ncnc(NCc3ccc4[nH]cnc4c3)c2c1. The van der Waals surface area contributed by atoms with Crippen LogP contribution in [0.2, 0.25) is 0 Å². The number of fused-ring (bicyclic) bond motifs is 2. The first kappa shape index (κ1) is 13.2. The smallest absolute Gasteiger partial charge is 0.137 e. The summed E-state index contributed by atoms with van der Waals surface area (Å²) in [6.45, 7) is 0.617. The number of H-pyrrole nitrogens is 1. The van der Waals surface area contributed by atoms with E-state index < -0.39 is 0 Å². The summed E-state index contributed by atoms with van der Waals surface area (Å²) in [4.78, 5) is 15.9. The van der Waals surface area contributed by atoms with Gasteiger partial charge in [0, 0.05) is 11.9 Å². The molecule has 0 fully saturated rings. The van der Waals surface area contributed by atoms with Crippen molar-refractivity contribution in [2.24, 2.45) is 0 Å². The van der Waals surface area contributed by atoms with Gasteiger partial charge in [0.05, 0.1) is 34.5 Å². The predicted molar refractivity (Wildman–Crippen MR) is 87.7 cm³/mol. The van der Waals surface area contributed by atoms with Crippen molar-refractivity contribution in [2.45, 2.75) is 6.54 Å². The van der Waals surface area contributed by atoms with Gasteiger partial charge in [0.15, 0.2) is 0 Å². The van der Waals surface area contributed by atoms with Gasteiger partial charge in [-0.15, -0.1) is 0 Å². The maximum Gasteiger partial charge on any atom is 0.137 e. The quantitative estimate of drug-likeness (QED) is 0.607. The Morgan fingerprint density at radius 2 is 2.00 bits per heavy atom. The third kappa shape index (κ3) is 2.45. The molecule has 2 aromatic carbocycles. The van der Waals surface area contributed by atoms with E-state index in [1.165, 1.54) is 6.33 Å². The molecular formula is C17H12N6. The Kier molecular flexibility index (Phi) is 3.10. The van der Waals surface area contributed by atoms with Gasteiger partial charge >= 0.3 is 0 Å². The summed E-state index contributed by atoms with van der Waals surface area (Å²) in [5.41, 5.74) is 4.45. The zero-order chi connectivity index (χ0) is 15.6. The number of anilines is 1. The molecule has 6 heteroatoms. The highest BCUT2D eigenvalue weighted by atomic mass is 15.0. The van der Waals surface area contributed by atoms with E-state index in [9.17, 15) is 0 Å². The lowest BCUT2D eigenvalue weighted by molar-refractivity contribution is 1.10. The Morgan fingerprint density at radius 3 is 2.91 bits per heavy atom. The lowest BCUT2D eigenvalue weighted by atomic mass is 10.1. The van der Waals surface area contributed by atoms with E-state index in [0.717, 1.165) is 27.5 Å². The molecule has 2 aromatic heterocycles. The van der Waals surface area contributed by atoms with Crippen LogP contribution < -0.4 is 5.32 Å². The summed E-state index contributed by atoms with van der Waals surface area (Å²) >= 11 is 0. The number of nitrogens with zero attached hydrogens (tertiary/aromatic N) is 4. The fourth-order valence-corrected chi connectivity index (χ4v) is 2.54. The fourth-order valence-electron chi connectivity index (χ4n) is 2.54. The van der Waals surface area contributed by atoms with Crippen molar-refractivity contribution in [3.63, 3.8) is 0 Å². The van der Waals surface area contributed by atoms with Gasteiger partial charge in [0.1, 0.15) is 12.1 Å². The Hall–Kier alpha value is -3.46. The molecule has 0 radical (unpaired) electrons. The Balaban J connectivity index is 1.65. The van der Waals surface area contributed by atoms with Crippen molar-refractivity contribution in [1.29, 1.82) is 5.26 Å². The molecule has 0 amide bonds. The number of nitrogens with one attached hydrogen (secondary N) is 2. The van der Waals surface area contributed by atoms with Gasteiger partial charge in [-0.2, -0.15) is 5.26 Å². The Bertz CT molecular complexity index is 1040. The van der Waals surface area contributed by atoms with Crippen LogP contribution in [-0.2, 0) is 6.54 Å². The molecule has 0 bridgehead atoms. The van der Waals surface area contributed by atoms with Crippen LogP contribution in [0.25, 0.3) is 21.9 Å². The first-order valence-corrected chi connectivity index (χ1v) is 7.14. The van der Waals surface area contributed by atoms with Crippen LogP contribution in [0, 0.1) is 11.3 Å². The van der Waals surface area contributed by atoms with Gasteiger partial charge < -0.3 is 10.3 Å². The van der Waals surface area contributed by atoms with Gasteiger partial charge in [-0.05, 0) is 35.9 Å². The van der Waals surface area contributed by atoms with Crippen LogP contribution in [0.1, 0.15) is 11.1 Å². The van der Waals surface area contributed by atoms with Gasteiger partial charge in [-0.25, -0.2) is 15.0 Å². The minimum Gasteiger partial charge on any atom is -0.365 e. The maximum atomic E-state index is 9.05. The number of aromatic nitrogens is 4. The molecule has 0 unspecified atom stereocenters. The first-order valence-electron chi connectivity index (χ1n) is 7.14. The van der Waals surface area contributed by atoms with Crippen molar-refractivity contribution in [3.05, 3.63) is 60.2 Å². The number of nitriles is 1. The molecular weight excluding hydrogens is 288 g/mol. The monoisotopic (exact) mass is 300 g/mol. The molecule has 0 aliphatic carbocycles. The molecule has 0 saturated heterocycles. The lowest BCUT2D eigenvalue weighted by Crippen LogP contribution is -2.02. The zero-order valence-corrected chi connectivity index (χ0v) is 12.1. The van der Waals surface area contributed by atoms with Crippen molar-refractivity contribution in [2.75, 3.05) is 5.32 Å². The zero-order valence-electron chi connectivity index (χ0n) is 12.1. The fraction of sp³-hybridized carbons (Fsp3) is 0.0588. The van der Waals surface area contributed by atoms with Crippen LogP contribution in [0.5, 0.6) is 0 Å². The molecule has 0 aliphatic heterocycles. The average Bonchev–Trinajstić information content (AvgIpc) is 3.07. The van der Waals surface area contributed by atoms with E-state index in [4.69, 9.17) is 5.26 Å². The number of rotatable bonds is 3. The van der Waals surface area contributed by atoms with E-state index in [0.29, 0.717) is 17.9 Å². The van der Waals surface area contributed by atoms with Crippen LogP contribution in [0.4, 0.5) is 5.82 Å². The molecule has 0 atom stereocenters. The summed E-state index contributed by atoms with van der Waals surface area (Å²) in [6, 6.07) is 13.6. The van der Waals surface area contributed by atoms with E-state index in [2.05, 4.69) is 31.3 Å². The molecule has 23 heavy (non-hydrogen) atoms. The van der Waals surface area contributed by atoms with Crippen LogP contribution >= 0.6 is 0 Å². The predicted octanol–water partition coefficient (Wildman–Crippen LogP) is 2.99. The second-order valence-corrected chi connectivity index (χ2v) is 5.17. The second kappa shape index (κ2) is 5.39. The lowest BCUT2D eigenvalue weighted by Gasteiger charge is -2.08. The van der Waals surface area contributed by atoms with Crippen molar-refractivity contribution in [1.82, 2.24) is 19.9 Å². The summed E-state index contributed by atoms with van der Waals surface area (Å²) < 4.78 is 0. The number of hydrogen-bond donors (Lipinski definition) is 2. The van der Waals surface area contributed by atoms with Gasteiger partial charge in [0.2, 0.25) is 0 Å².